The maximum Gasteiger partial charge on any atom is 0.350 e. The summed E-state index contributed by atoms with van der Waals surface area (Å²) in [5.41, 5.74) is 1.70. The minimum atomic E-state index is -0.337. The van der Waals surface area contributed by atoms with Gasteiger partial charge in [0.15, 0.2) is 5.11 Å². The summed E-state index contributed by atoms with van der Waals surface area (Å²) in [6.45, 7) is 5.80. The van der Waals surface area contributed by atoms with Crippen molar-refractivity contribution in [2.45, 2.75) is 6.92 Å². The van der Waals surface area contributed by atoms with Gasteiger partial charge in [-0.3, -0.25) is 0 Å². The summed E-state index contributed by atoms with van der Waals surface area (Å²) in [6.07, 6.45) is 0. The number of hydrogen-bond donors (Lipinski definition) is 1. The van der Waals surface area contributed by atoms with E-state index in [2.05, 4.69) is 22.2 Å². The zero-order valence-electron chi connectivity index (χ0n) is 16.4. The molecule has 1 aliphatic rings. The number of nitrogens with one attached hydrogen (secondary N) is 1. The first-order chi connectivity index (χ1) is 13.5. The van der Waals surface area contributed by atoms with Crippen molar-refractivity contribution in [3.05, 3.63) is 35.2 Å². The van der Waals surface area contributed by atoms with E-state index in [-0.39, 0.29) is 5.97 Å². The molecule has 8 heteroatoms. The molecule has 0 saturated carbocycles. The fourth-order valence-electron chi connectivity index (χ4n) is 2.93. The van der Waals surface area contributed by atoms with Gasteiger partial charge in [-0.15, -0.1) is 11.3 Å². The minimum Gasteiger partial charge on any atom is -0.497 e. The van der Waals surface area contributed by atoms with Crippen molar-refractivity contribution >= 4 is 40.3 Å². The van der Waals surface area contributed by atoms with E-state index in [1.54, 1.807) is 14.0 Å². The molecular formula is C20H25N3O3S2. The molecule has 0 radical (unpaired) electrons. The highest BCUT2D eigenvalue weighted by Gasteiger charge is 2.22. The summed E-state index contributed by atoms with van der Waals surface area (Å²) in [7, 11) is 3.74. The number of thiophene rings is 1. The van der Waals surface area contributed by atoms with Gasteiger partial charge in [-0.25, -0.2) is 4.79 Å². The Morgan fingerprint density at radius 2 is 1.89 bits per heavy atom. The van der Waals surface area contributed by atoms with Crippen LogP contribution in [0.15, 0.2) is 30.3 Å². The van der Waals surface area contributed by atoms with Crippen LogP contribution in [-0.4, -0.2) is 67.8 Å². The van der Waals surface area contributed by atoms with Crippen LogP contribution in [0.2, 0.25) is 0 Å². The lowest BCUT2D eigenvalue weighted by Crippen LogP contribution is -2.48. The highest BCUT2D eigenvalue weighted by atomic mass is 32.1. The van der Waals surface area contributed by atoms with E-state index in [0.717, 1.165) is 42.4 Å². The standard InChI is InChI=1S/C20H25N3O3S2/c1-4-26-19(24)18-16(21-20(27)23-11-9-22(2)10-12-23)13-17(28-18)14-5-7-15(25-3)8-6-14/h5-8,13H,4,9-12H2,1-3H3,(H,21,27). The molecule has 0 spiro atoms. The number of carbonyl (C=O) groups excluding carboxylic acids is 1. The maximum absolute atomic E-state index is 12.5. The largest absolute Gasteiger partial charge is 0.497 e. The Bertz CT molecular complexity index is 828. The van der Waals surface area contributed by atoms with Crippen LogP contribution >= 0.6 is 23.6 Å². The van der Waals surface area contributed by atoms with Gasteiger partial charge in [-0.05, 0) is 62.1 Å². The normalized spacial score (nSPS) is 14.6. The molecule has 1 N–H and O–H groups in total. The second-order valence-electron chi connectivity index (χ2n) is 6.52. The zero-order chi connectivity index (χ0) is 20.1. The number of anilines is 1. The Labute approximate surface area is 175 Å². The molecule has 1 fully saturated rings. The van der Waals surface area contributed by atoms with Crippen LogP contribution in [0.3, 0.4) is 0 Å². The zero-order valence-corrected chi connectivity index (χ0v) is 18.0. The van der Waals surface area contributed by atoms with Gasteiger partial charge in [0.05, 0.1) is 19.4 Å². The van der Waals surface area contributed by atoms with Crippen LogP contribution in [0.4, 0.5) is 5.69 Å². The fourth-order valence-corrected chi connectivity index (χ4v) is 4.24. The van der Waals surface area contributed by atoms with Gasteiger partial charge in [-0.1, -0.05) is 0 Å². The highest BCUT2D eigenvalue weighted by molar-refractivity contribution is 7.80. The van der Waals surface area contributed by atoms with Gasteiger partial charge < -0.3 is 24.6 Å². The summed E-state index contributed by atoms with van der Waals surface area (Å²) in [5, 5.41) is 3.91. The van der Waals surface area contributed by atoms with Gasteiger partial charge in [0, 0.05) is 31.1 Å². The molecule has 0 unspecified atom stereocenters. The highest BCUT2D eigenvalue weighted by Crippen LogP contribution is 2.36. The van der Waals surface area contributed by atoms with Crippen molar-refractivity contribution in [1.29, 1.82) is 0 Å². The summed E-state index contributed by atoms with van der Waals surface area (Å²) in [6, 6.07) is 9.72. The fraction of sp³-hybridized carbons (Fsp3) is 0.400. The number of methoxy groups -OCH3 is 1. The number of rotatable bonds is 5. The summed E-state index contributed by atoms with van der Waals surface area (Å²) < 4.78 is 10.5. The van der Waals surface area contributed by atoms with E-state index < -0.39 is 0 Å². The number of thiocarbonyl (C=S) groups is 1. The van der Waals surface area contributed by atoms with Crippen LogP contribution in [-0.2, 0) is 4.74 Å². The van der Waals surface area contributed by atoms with Crippen LogP contribution in [0.5, 0.6) is 5.75 Å². The number of hydrogen-bond acceptors (Lipinski definition) is 6. The van der Waals surface area contributed by atoms with Crippen molar-refractivity contribution in [3.63, 3.8) is 0 Å². The molecule has 3 rings (SSSR count). The number of likely N-dealkylation sites (N-methyl/N-ethyl adjacent to an activating group) is 1. The van der Waals surface area contributed by atoms with Crippen molar-refractivity contribution in [2.24, 2.45) is 0 Å². The molecule has 150 valence electrons. The minimum absolute atomic E-state index is 0.330. The quantitative estimate of drug-likeness (QED) is 0.588. The third kappa shape index (κ3) is 4.81. The number of nitrogens with zero attached hydrogens (tertiary/aromatic N) is 2. The molecule has 28 heavy (non-hydrogen) atoms. The lowest BCUT2D eigenvalue weighted by atomic mass is 10.2. The molecule has 1 aromatic heterocycles. The van der Waals surface area contributed by atoms with Crippen LogP contribution < -0.4 is 10.1 Å². The lowest BCUT2D eigenvalue weighted by Gasteiger charge is -2.34. The van der Waals surface area contributed by atoms with Crippen LogP contribution in [0.25, 0.3) is 10.4 Å². The van der Waals surface area contributed by atoms with Gasteiger partial charge in [0.2, 0.25) is 0 Å². The summed E-state index contributed by atoms with van der Waals surface area (Å²) in [4.78, 5) is 18.4. The number of esters is 1. The number of ether oxygens (including phenoxy) is 2. The Balaban J connectivity index is 1.84. The Morgan fingerprint density at radius 1 is 1.21 bits per heavy atom. The van der Waals surface area contributed by atoms with E-state index in [0.29, 0.717) is 22.3 Å². The van der Waals surface area contributed by atoms with Crippen molar-refractivity contribution in [1.82, 2.24) is 9.80 Å². The van der Waals surface area contributed by atoms with Crippen molar-refractivity contribution in [2.75, 3.05) is 52.3 Å². The van der Waals surface area contributed by atoms with Crippen LogP contribution in [0.1, 0.15) is 16.6 Å². The van der Waals surface area contributed by atoms with Crippen LogP contribution in [0, 0.1) is 0 Å². The molecule has 1 saturated heterocycles. The number of carbonyl (C=O) groups is 1. The SMILES string of the molecule is CCOC(=O)c1sc(-c2ccc(OC)cc2)cc1NC(=S)N1CCN(C)CC1. The number of benzene rings is 1. The summed E-state index contributed by atoms with van der Waals surface area (Å²) >= 11 is 7.00. The lowest BCUT2D eigenvalue weighted by molar-refractivity contribution is 0.0533. The predicted molar refractivity (Wildman–Crippen MR) is 118 cm³/mol. The molecule has 0 atom stereocenters. The Kier molecular flexibility index (Phi) is 6.88. The maximum atomic E-state index is 12.5. The van der Waals surface area contributed by atoms with Crippen molar-refractivity contribution in [3.8, 4) is 16.2 Å². The first-order valence-corrected chi connectivity index (χ1v) is 10.4. The topological polar surface area (TPSA) is 54.0 Å². The first-order valence-electron chi connectivity index (χ1n) is 9.21. The molecule has 0 amide bonds. The second kappa shape index (κ2) is 9.36. The van der Waals surface area contributed by atoms with E-state index in [9.17, 15) is 4.79 Å². The Morgan fingerprint density at radius 3 is 2.50 bits per heavy atom. The van der Waals surface area contributed by atoms with E-state index in [1.165, 1.54) is 11.3 Å². The van der Waals surface area contributed by atoms with Gasteiger partial charge in [0.1, 0.15) is 10.6 Å². The van der Waals surface area contributed by atoms with E-state index >= 15 is 0 Å². The van der Waals surface area contributed by atoms with Gasteiger partial charge in [0.25, 0.3) is 0 Å². The average molecular weight is 420 g/mol. The monoisotopic (exact) mass is 419 g/mol. The molecule has 1 aromatic carbocycles. The molecule has 2 heterocycles. The third-order valence-corrected chi connectivity index (χ3v) is 6.12. The molecule has 0 bridgehead atoms. The predicted octanol–water partition coefficient (Wildman–Crippen LogP) is 3.54. The number of piperazine rings is 1. The molecule has 2 aromatic rings. The molecule has 1 aliphatic heterocycles. The second-order valence-corrected chi connectivity index (χ2v) is 7.96. The molecule has 6 nitrogen and oxygen atoms in total. The smallest absolute Gasteiger partial charge is 0.350 e. The van der Waals surface area contributed by atoms with E-state index in [1.807, 2.05) is 30.3 Å². The van der Waals surface area contributed by atoms with Gasteiger partial charge in [-0.2, -0.15) is 0 Å². The third-order valence-electron chi connectivity index (χ3n) is 4.60. The molecule has 0 aliphatic carbocycles. The average Bonchev–Trinajstić information content (AvgIpc) is 3.12. The van der Waals surface area contributed by atoms with Crippen molar-refractivity contribution < 1.29 is 14.3 Å². The molecular weight excluding hydrogens is 394 g/mol. The van der Waals surface area contributed by atoms with E-state index in [4.69, 9.17) is 21.7 Å². The van der Waals surface area contributed by atoms with Gasteiger partial charge >= 0.3 is 5.97 Å². The Hall–Kier alpha value is -2.16. The summed E-state index contributed by atoms with van der Waals surface area (Å²) in [5.74, 6) is 0.455. The first kappa shape index (κ1) is 20.6.